The highest BCUT2D eigenvalue weighted by atomic mass is 16.6. The molecule has 1 aliphatic rings. The molecule has 1 heterocycles. The number of nitrogens with one attached hydrogen (secondary N) is 2. The molecule has 0 aliphatic carbocycles. The van der Waals surface area contributed by atoms with Crippen LogP contribution in [0.25, 0.3) is 0 Å². The van der Waals surface area contributed by atoms with Crippen LogP contribution in [-0.4, -0.2) is 61.7 Å². The summed E-state index contributed by atoms with van der Waals surface area (Å²) >= 11 is 0. The number of rotatable bonds is 11. The molecule has 0 unspecified atom stereocenters. The molecule has 3 rings (SSSR count). The van der Waals surface area contributed by atoms with Gasteiger partial charge in [0.1, 0.15) is 18.0 Å². The number of nitro benzene ring substituents is 1. The highest BCUT2D eigenvalue weighted by Crippen LogP contribution is 2.22. The number of likely N-dealkylation sites (N-methyl/N-ethyl adjacent to an activating group) is 1. The second kappa shape index (κ2) is 12.0. The van der Waals surface area contributed by atoms with E-state index in [1.165, 1.54) is 6.07 Å². The van der Waals surface area contributed by atoms with Gasteiger partial charge in [0.15, 0.2) is 0 Å². The molecule has 0 spiro atoms. The van der Waals surface area contributed by atoms with E-state index in [4.69, 9.17) is 9.47 Å². The molecule has 2 aromatic rings. The quantitative estimate of drug-likeness (QED) is 0.407. The van der Waals surface area contributed by atoms with E-state index in [1.54, 1.807) is 18.2 Å². The number of ether oxygens (including phenoxy) is 2. The molecule has 0 atom stereocenters. The summed E-state index contributed by atoms with van der Waals surface area (Å²) in [5.74, 6) is 0.503. The van der Waals surface area contributed by atoms with Gasteiger partial charge >= 0.3 is 0 Å². The van der Waals surface area contributed by atoms with E-state index in [0.29, 0.717) is 24.9 Å². The van der Waals surface area contributed by atoms with Crippen molar-refractivity contribution in [1.82, 2.24) is 10.2 Å². The molecule has 0 aromatic heterocycles. The van der Waals surface area contributed by atoms with Crippen LogP contribution in [-0.2, 0) is 16.1 Å². The highest BCUT2D eigenvalue weighted by Gasteiger charge is 2.18. The van der Waals surface area contributed by atoms with Gasteiger partial charge in [-0.1, -0.05) is 24.3 Å². The third kappa shape index (κ3) is 7.21. The lowest BCUT2D eigenvalue weighted by atomic mass is 10.1. The van der Waals surface area contributed by atoms with Crippen LogP contribution in [0.2, 0.25) is 0 Å². The first-order chi connectivity index (χ1) is 15.5. The Morgan fingerprint density at radius 3 is 2.78 bits per heavy atom. The fraction of sp³-hybridized carbons (Fsp3) is 0.435. The number of carbonyl (C=O) groups is 1. The van der Waals surface area contributed by atoms with E-state index >= 15 is 0 Å². The summed E-state index contributed by atoms with van der Waals surface area (Å²) in [4.78, 5) is 25.0. The molecule has 0 bridgehead atoms. The maximum Gasteiger partial charge on any atom is 0.292 e. The van der Waals surface area contributed by atoms with Gasteiger partial charge < -0.3 is 20.1 Å². The van der Waals surface area contributed by atoms with Crippen LogP contribution in [0.5, 0.6) is 5.75 Å². The molecule has 1 saturated heterocycles. The van der Waals surface area contributed by atoms with Gasteiger partial charge in [-0.2, -0.15) is 0 Å². The molecule has 0 radical (unpaired) electrons. The lowest BCUT2D eigenvalue weighted by molar-refractivity contribution is -0.383. The summed E-state index contributed by atoms with van der Waals surface area (Å²) in [5, 5.41) is 16.7. The molecule has 0 saturated carbocycles. The molecule has 2 aromatic carbocycles. The van der Waals surface area contributed by atoms with Crippen LogP contribution < -0.4 is 15.4 Å². The van der Waals surface area contributed by atoms with Gasteiger partial charge in [-0.3, -0.25) is 19.8 Å². The van der Waals surface area contributed by atoms with Gasteiger partial charge in [0.25, 0.3) is 5.69 Å². The second-order valence-electron chi connectivity index (χ2n) is 7.72. The molecule has 2 N–H and O–H groups in total. The molecule has 1 fully saturated rings. The number of carbonyl (C=O) groups excluding carboxylic acids is 1. The molecular weight excluding hydrogens is 412 g/mol. The van der Waals surface area contributed by atoms with Gasteiger partial charge in [-0.25, -0.2) is 0 Å². The third-order valence-electron chi connectivity index (χ3n) is 5.46. The maximum atomic E-state index is 12.2. The summed E-state index contributed by atoms with van der Waals surface area (Å²) in [5.41, 5.74) is 1.17. The molecule has 1 aliphatic heterocycles. The first kappa shape index (κ1) is 23.5. The van der Waals surface area contributed by atoms with Gasteiger partial charge in [0, 0.05) is 38.4 Å². The summed E-state index contributed by atoms with van der Waals surface area (Å²) in [7, 11) is 2.11. The van der Waals surface area contributed by atoms with E-state index in [9.17, 15) is 14.9 Å². The van der Waals surface area contributed by atoms with E-state index < -0.39 is 4.92 Å². The number of hydrogen-bond donors (Lipinski definition) is 2. The summed E-state index contributed by atoms with van der Waals surface area (Å²) < 4.78 is 11.3. The fourth-order valence-electron chi connectivity index (χ4n) is 3.58. The predicted molar refractivity (Wildman–Crippen MR) is 122 cm³/mol. The molecule has 32 heavy (non-hydrogen) atoms. The van der Waals surface area contributed by atoms with Crippen molar-refractivity contribution in [2.75, 3.05) is 45.3 Å². The van der Waals surface area contributed by atoms with Crippen molar-refractivity contribution in [1.29, 1.82) is 0 Å². The second-order valence-corrected chi connectivity index (χ2v) is 7.72. The Morgan fingerprint density at radius 1 is 1.22 bits per heavy atom. The summed E-state index contributed by atoms with van der Waals surface area (Å²) in [6.45, 7) is 3.35. The van der Waals surface area contributed by atoms with Crippen molar-refractivity contribution in [2.45, 2.75) is 25.4 Å². The standard InChI is InChI=1S/C23H30N4O5/c1-26(19-9-12-31-13-10-19)11-14-32-20-6-4-5-18(15-20)16-25-23(28)17-24-21-7-2-3-8-22(21)27(29)30/h2-8,15,19,24H,9-14,16-17H2,1H3,(H,25,28). The van der Waals surface area contributed by atoms with Gasteiger partial charge in [0.2, 0.25) is 5.91 Å². The van der Waals surface area contributed by atoms with Crippen molar-refractivity contribution in [2.24, 2.45) is 0 Å². The number of hydrogen-bond acceptors (Lipinski definition) is 7. The van der Waals surface area contributed by atoms with Crippen LogP contribution in [0, 0.1) is 10.1 Å². The lowest BCUT2D eigenvalue weighted by Crippen LogP contribution is -2.38. The molecular formula is C23H30N4O5. The van der Waals surface area contributed by atoms with E-state index in [1.807, 2.05) is 24.3 Å². The number of nitro groups is 1. The third-order valence-corrected chi connectivity index (χ3v) is 5.46. The number of benzene rings is 2. The van der Waals surface area contributed by atoms with E-state index in [-0.39, 0.29) is 18.1 Å². The SMILES string of the molecule is CN(CCOc1cccc(CNC(=O)CNc2ccccc2[N+](=O)[O-])c1)C1CCOCC1. The zero-order valence-electron chi connectivity index (χ0n) is 18.3. The fourth-order valence-corrected chi connectivity index (χ4v) is 3.58. The Balaban J connectivity index is 1.40. The Kier molecular flexibility index (Phi) is 8.82. The summed E-state index contributed by atoms with van der Waals surface area (Å²) in [6, 6.07) is 14.4. The number of amides is 1. The van der Waals surface area contributed by atoms with Crippen LogP contribution in [0.1, 0.15) is 18.4 Å². The van der Waals surface area contributed by atoms with Crippen LogP contribution in [0.15, 0.2) is 48.5 Å². The number of nitrogens with zero attached hydrogens (tertiary/aromatic N) is 2. The van der Waals surface area contributed by atoms with Crippen molar-refractivity contribution in [3.63, 3.8) is 0 Å². The topological polar surface area (TPSA) is 106 Å². The zero-order chi connectivity index (χ0) is 22.8. The van der Waals surface area contributed by atoms with Crippen LogP contribution >= 0.6 is 0 Å². The zero-order valence-corrected chi connectivity index (χ0v) is 18.3. The number of para-hydroxylation sites is 2. The first-order valence-electron chi connectivity index (χ1n) is 10.8. The average Bonchev–Trinajstić information content (AvgIpc) is 2.82. The average molecular weight is 443 g/mol. The van der Waals surface area contributed by atoms with Crippen molar-refractivity contribution in [3.8, 4) is 5.75 Å². The minimum Gasteiger partial charge on any atom is -0.492 e. The smallest absolute Gasteiger partial charge is 0.292 e. The minimum atomic E-state index is -0.479. The minimum absolute atomic E-state index is 0.0560. The van der Waals surface area contributed by atoms with Crippen molar-refractivity contribution in [3.05, 3.63) is 64.2 Å². The molecule has 1 amide bonds. The largest absolute Gasteiger partial charge is 0.492 e. The Bertz CT molecular complexity index is 901. The highest BCUT2D eigenvalue weighted by molar-refractivity contribution is 5.81. The van der Waals surface area contributed by atoms with Gasteiger partial charge in [-0.15, -0.1) is 0 Å². The van der Waals surface area contributed by atoms with E-state index in [2.05, 4.69) is 22.6 Å². The molecule has 172 valence electrons. The maximum absolute atomic E-state index is 12.2. The molecule has 9 nitrogen and oxygen atoms in total. The van der Waals surface area contributed by atoms with Crippen LogP contribution in [0.4, 0.5) is 11.4 Å². The normalized spacial score (nSPS) is 14.2. The molecule has 9 heteroatoms. The lowest BCUT2D eigenvalue weighted by Gasteiger charge is -2.31. The van der Waals surface area contributed by atoms with Gasteiger partial charge in [0.05, 0.1) is 11.5 Å². The summed E-state index contributed by atoms with van der Waals surface area (Å²) in [6.07, 6.45) is 2.11. The van der Waals surface area contributed by atoms with E-state index in [0.717, 1.165) is 43.9 Å². The Labute approximate surface area is 187 Å². The Hall–Kier alpha value is -3.17. The number of anilines is 1. The van der Waals surface area contributed by atoms with Crippen LogP contribution in [0.3, 0.4) is 0 Å². The first-order valence-corrected chi connectivity index (χ1v) is 10.8. The van der Waals surface area contributed by atoms with Crippen molar-refractivity contribution >= 4 is 17.3 Å². The van der Waals surface area contributed by atoms with Crippen molar-refractivity contribution < 1.29 is 19.2 Å². The predicted octanol–water partition coefficient (Wildman–Crippen LogP) is 2.81. The van der Waals surface area contributed by atoms with Gasteiger partial charge in [-0.05, 0) is 43.7 Å². The monoisotopic (exact) mass is 442 g/mol. The Morgan fingerprint density at radius 2 is 2.00 bits per heavy atom.